The van der Waals surface area contributed by atoms with Crippen molar-refractivity contribution in [2.45, 2.75) is 13.8 Å². The van der Waals surface area contributed by atoms with Crippen molar-refractivity contribution in [2.75, 3.05) is 33.3 Å². The molecule has 1 aromatic rings. The maximum atomic E-state index is 12.2. The quantitative estimate of drug-likeness (QED) is 0.859. The Hall–Kier alpha value is -1.55. The van der Waals surface area contributed by atoms with Gasteiger partial charge in [-0.25, -0.2) is 0 Å². The van der Waals surface area contributed by atoms with Gasteiger partial charge in [0.1, 0.15) is 12.4 Å². The number of carbonyl (C=O) groups is 1. The number of likely N-dealkylation sites (N-methyl/N-ethyl adjacent to an activating group) is 1. The van der Waals surface area contributed by atoms with E-state index in [-0.39, 0.29) is 11.8 Å². The number of nitrogens with one attached hydrogen (secondary N) is 1. The number of amides is 1. The molecule has 1 heterocycles. The number of benzene rings is 1. The Morgan fingerprint density at radius 3 is 2.75 bits per heavy atom. The number of para-hydroxylation sites is 1. The van der Waals surface area contributed by atoms with Crippen LogP contribution in [0.2, 0.25) is 0 Å². The molecule has 0 aliphatic carbocycles. The first-order valence-corrected chi connectivity index (χ1v) is 7.23. The zero-order valence-electron chi connectivity index (χ0n) is 12.6. The second kappa shape index (κ2) is 6.75. The van der Waals surface area contributed by atoms with E-state index in [2.05, 4.69) is 5.32 Å². The van der Waals surface area contributed by atoms with Crippen molar-refractivity contribution in [1.29, 1.82) is 0 Å². The van der Waals surface area contributed by atoms with Gasteiger partial charge < -0.3 is 15.0 Å². The van der Waals surface area contributed by atoms with Crippen molar-refractivity contribution in [1.82, 2.24) is 10.2 Å². The molecule has 1 N–H and O–H groups in total. The lowest BCUT2D eigenvalue weighted by Gasteiger charge is -2.33. The van der Waals surface area contributed by atoms with Crippen LogP contribution in [0.3, 0.4) is 0 Å². The van der Waals surface area contributed by atoms with E-state index in [0.717, 1.165) is 24.4 Å². The first-order valence-electron chi connectivity index (χ1n) is 7.23. The number of rotatable bonds is 6. The summed E-state index contributed by atoms with van der Waals surface area (Å²) in [6, 6.07) is 7.94. The van der Waals surface area contributed by atoms with E-state index in [9.17, 15) is 4.79 Å². The maximum Gasteiger partial charge on any atom is 0.225 e. The summed E-state index contributed by atoms with van der Waals surface area (Å²) in [6.45, 7) is 7.11. The van der Waals surface area contributed by atoms with Crippen molar-refractivity contribution in [2.24, 2.45) is 11.8 Å². The lowest BCUT2D eigenvalue weighted by Crippen LogP contribution is -2.50. The molecule has 1 atom stereocenters. The molecule has 0 aromatic heterocycles. The normalized spacial score (nSPS) is 16.4. The van der Waals surface area contributed by atoms with Gasteiger partial charge in [-0.15, -0.1) is 0 Å². The van der Waals surface area contributed by atoms with Gasteiger partial charge in [0.2, 0.25) is 5.91 Å². The number of hydrogen-bond donors (Lipinski definition) is 1. The van der Waals surface area contributed by atoms with Gasteiger partial charge >= 0.3 is 0 Å². The number of nitrogens with zero attached hydrogens (tertiary/aromatic N) is 1. The smallest absolute Gasteiger partial charge is 0.225 e. The Balaban J connectivity index is 1.75. The zero-order chi connectivity index (χ0) is 14.5. The molecule has 1 aliphatic heterocycles. The molecular weight excluding hydrogens is 252 g/mol. The highest BCUT2D eigenvalue weighted by molar-refractivity contribution is 5.78. The Labute approximate surface area is 121 Å². The summed E-state index contributed by atoms with van der Waals surface area (Å²) in [7, 11) is 1.85. The Kier molecular flexibility index (Phi) is 5.01. The number of hydrogen-bond acceptors (Lipinski definition) is 3. The monoisotopic (exact) mass is 276 g/mol. The second-order valence-corrected chi connectivity index (χ2v) is 5.58. The van der Waals surface area contributed by atoms with Gasteiger partial charge in [-0.3, -0.25) is 4.79 Å². The van der Waals surface area contributed by atoms with Crippen LogP contribution in [0.5, 0.6) is 5.75 Å². The van der Waals surface area contributed by atoms with Crippen molar-refractivity contribution < 1.29 is 9.53 Å². The molecule has 1 aromatic carbocycles. The minimum absolute atomic E-state index is 0.0970. The van der Waals surface area contributed by atoms with Crippen LogP contribution in [-0.4, -0.2) is 44.1 Å². The van der Waals surface area contributed by atoms with Crippen LogP contribution in [0.4, 0.5) is 0 Å². The SMILES string of the molecule is Cc1ccccc1OCCN(C)C(=O)C(C)C1CNC1. The highest BCUT2D eigenvalue weighted by Gasteiger charge is 2.30. The van der Waals surface area contributed by atoms with Gasteiger partial charge in [-0.1, -0.05) is 25.1 Å². The van der Waals surface area contributed by atoms with Gasteiger partial charge in [-0.2, -0.15) is 0 Å². The molecule has 0 spiro atoms. The van der Waals surface area contributed by atoms with Crippen molar-refractivity contribution in [3.8, 4) is 5.75 Å². The van der Waals surface area contributed by atoms with Gasteiger partial charge in [0.15, 0.2) is 0 Å². The molecule has 20 heavy (non-hydrogen) atoms. The van der Waals surface area contributed by atoms with Gasteiger partial charge in [0.05, 0.1) is 6.54 Å². The lowest BCUT2D eigenvalue weighted by molar-refractivity contribution is -0.136. The summed E-state index contributed by atoms with van der Waals surface area (Å²) in [4.78, 5) is 14.0. The minimum atomic E-state index is 0.0970. The Morgan fingerprint density at radius 2 is 2.15 bits per heavy atom. The van der Waals surface area contributed by atoms with Crippen LogP contribution in [-0.2, 0) is 4.79 Å². The van der Waals surface area contributed by atoms with Crippen LogP contribution in [0.15, 0.2) is 24.3 Å². The largest absolute Gasteiger partial charge is 0.491 e. The summed E-state index contributed by atoms with van der Waals surface area (Å²) < 4.78 is 5.73. The third kappa shape index (κ3) is 3.51. The molecule has 0 saturated carbocycles. The summed E-state index contributed by atoms with van der Waals surface area (Å²) in [5, 5.41) is 3.21. The lowest BCUT2D eigenvalue weighted by atomic mass is 9.88. The van der Waals surface area contributed by atoms with E-state index >= 15 is 0 Å². The predicted octanol–water partition coefficient (Wildman–Crippen LogP) is 1.69. The number of aryl methyl sites for hydroxylation is 1. The molecule has 0 bridgehead atoms. The third-order valence-electron chi connectivity index (χ3n) is 4.06. The molecular formula is C16H24N2O2. The minimum Gasteiger partial charge on any atom is -0.491 e. The number of carbonyl (C=O) groups excluding carboxylic acids is 1. The first kappa shape index (κ1) is 14.9. The van der Waals surface area contributed by atoms with Gasteiger partial charge in [0, 0.05) is 13.0 Å². The van der Waals surface area contributed by atoms with Crippen LogP contribution in [0, 0.1) is 18.8 Å². The molecule has 1 unspecified atom stereocenters. The van der Waals surface area contributed by atoms with E-state index in [1.807, 2.05) is 45.2 Å². The van der Waals surface area contributed by atoms with Gasteiger partial charge in [0.25, 0.3) is 0 Å². The highest BCUT2D eigenvalue weighted by atomic mass is 16.5. The van der Waals surface area contributed by atoms with Crippen LogP contribution in [0.1, 0.15) is 12.5 Å². The summed E-state index contributed by atoms with van der Waals surface area (Å²) in [5.41, 5.74) is 1.12. The first-order chi connectivity index (χ1) is 9.59. The van der Waals surface area contributed by atoms with Crippen LogP contribution < -0.4 is 10.1 Å². The van der Waals surface area contributed by atoms with E-state index < -0.39 is 0 Å². The van der Waals surface area contributed by atoms with Crippen molar-refractivity contribution in [3.05, 3.63) is 29.8 Å². The molecule has 1 saturated heterocycles. The van der Waals surface area contributed by atoms with Crippen molar-refractivity contribution in [3.63, 3.8) is 0 Å². The molecule has 1 aliphatic rings. The third-order valence-corrected chi connectivity index (χ3v) is 4.06. The number of ether oxygens (including phenoxy) is 1. The van der Waals surface area contributed by atoms with E-state index in [4.69, 9.17) is 4.74 Å². The standard InChI is InChI=1S/C16H24N2O2/c1-12-6-4-5-7-15(12)20-9-8-18(3)16(19)13(2)14-10-17-11-14/h4-7,13-14,17H,8-11H2,1-3H3. The summed E-state index contributed by atoms with van der Waals surface area (Å²) >= 11 is 0. The zero-order valence-corrected chi connectivity index (χ0v) is 12.6. The van der Waals surface area contributed by atoms with E-state index in [1.165, 1.54) is 0 Å². The Bertz CT molecular complexity index is 458. The molecule has 1 fully saturated rings. The van der Waals surface area contributed by atoms with Gasteiger partial charge in [-0.05, 0) is 37.6 Å². The summed E-state index contributed by atoms with van der Waals surface area (Å²) in [6.07, 6.45) is 0. The molecule has 1 amide bonds. The molecule has 110 valence electrons. The highest BCUT2D eigenvalue weighted by Crippen LogP contribution is 2.18. The fraction of sp³-hybridized carbons (Fsp3) is 0.562. The average molecular weight is 276 g/mol. The molecule has 4 nitrogen and oxygen atoms in total. The summed E-state index contributed by atoms with van der Waals surface area (Å²) in [5.74, 6) is 1.69. The van der Waals surface area contributed by atoms with E-state index in [1.54, 1.807) is 4.90 Å². The van der Waals surface area contributed by atoms with Crippen LogP contribution in [0.25, 0.3) is 0 Å². The molecule has 0 radical (unpaired) electrons. The topological polar surface area (TPSA) is 41.6 Å². The Morgan fingerprint density at radius 1 is 1.45 bits per heavy atom. The van der Waals surface area contributed by atoms with Crippen LogP contribution >= 0.6 is 0 Å². The fourth-order valence-electron chi connectivity index (χ4n) is 2.33. The molecule has 2 rings (SSSR count). The second-order valence-electron chi connectivity index (χ2n) is 5.58. The maximum absolute atomic E-state index is 12.2. The van der Waals surface area contributed by atoms with E-state index in [0.29, 0.717) is 19.1 Å². The fourth-order valence-corrected chi connectivity index (χ4v) is 2.33. The average Bonchev–Trinajstić information content (AvgIpc) is 2.38. The van der Waals surface area contributed by atoms with Crippen molar-refractivity contribution >= 4 is 5.91 Å². The predicted molar refractivity (Wildman–Crippen MR) is 79.8 cm³/mol. The molecule has 4 heteroatoms.